The van der Waals surface area contributed by atoms with Crippen LogP contribution in [0.5, 0.6) is 0 Å². The van der Waals surface area contributed by atoms with E-state index in [0.717, 1.165) is 11.1 Å². The van der Waals surface area contributed by atoms with E-state index in [2.05, 4.69) is 10.3 Å². The van der Waals surface area contributed by atoms with Gasteiger partial charge in [-0.05, 0) is 74.9 Å². The lowest BCUT2D eigenvalue weighted by Crippen LogP contribution is -2.49. The molecule has 2 saturated heterocycles. The zero-order chi connectivity index (χ0) is 24.3. The van der Waals surface area contributed by atoms with Crippen molar-refractivity contribution in [3.8, 4) is 0 Å². The van der Waals surface area contributed by atoms with E-state index in [1.807, 2.05) is 24.8 Å². The molecule has 8 nitrogen and oxygen atoms in total. The molecule has 1 aromatic heterocycles. The lowest BCUT2D eigenvalue weighted by Gasteiger charge is -2.37. The molecule has 2 fully saturated rings. The third-order valence-corrected chi connectivity index (χ3v) is 8.88. The van der Waals surface area contributed by atoms with Crippen LogP contribution >= 0.6 is 0 Å². The van der Waals surface area contributed by atoms with E-state index < -0.39 is 10.0 Å². The topological polar surface area (TPSA) is 99.7 Å². The molecule has 2 aliphatic heterocycles. The molecule has 2 amide bonds. The van der Waals surface area contributed by atoms with Crippen LogP contribution in [0, 0.1) is 19.8 Å². The molecule has 182 valence electrons. The van der Waals surface area contributed by atoms with E-state index >= 15 is 0 Å². The van der Waals surface area contributed by atoms with Gasteiger partial charge in [-0.15, -0.1) is 0 Å². The van der Waals surface area contributed by atoms with Crippen molar-refractivity contribution >= 4 is 21.8 Å². The molecule has 0 saturated carbocycles. The first-order valence-corrected chi connectivity index (χ1v) is 13.3. The van der Waals surface area contributed by atoms with Crippen molar-refractivity contribution in [2.75, 3.05) is 26.2 Å². The summed E-state index contributed by atoms with van der Waals surface area (Å²) in [5, 5.41) is 3.03. The standard InChI is InChI=1S/C25H32N4O4S/c1-18-5-6-23(16-19(18)2)34(32,33)29-14-7-20(8-15-29)25(31)28-12-9-22(10-13-28)27-24(30)21-4-3-11-26-17-21/h3-6,11,16-17,20,22H,7-10,12-15H2,1-2H3,(H,27,30). The summed E-state index contributed by atoms with van der Waals surface area (Å²) in [6.45, 7) is 5.76. The smallest absolute Gasteiger partial charge is 0.253 e. The summed E-state index contributed by atoms with van der Waals surface area (Å²) in [6.07, 6.45) is 5.64. The second kappa shape index (κ2) is 10.2. The van der Waals surface area contributed by atoms with Crippen molar-refractivity contribution in [2.24, 2.45) is 5.92 Å². The Bertz CT molecular complexity index is 1140. The Balaban J connectivity index is 1.27. The molecule has 0 aliphatic carbocycles. The second-order valence-corrected chi connectivity index (χ2v) is 11.2. The number of carbonyl (C=O) groups is 2. The van der Waals surface area contributed by atoms with Gasteiger partial charge >= 0.3 is 0 Å². The summed E-state index contributed by atoms with van der Waals surface area (Å²) in [7, 11) is -3.55. The van der Waals surface area contributed by atoms with Gasteiger partial charge in [-0.1, -0.05) is 6.07 Å². The number of nitrogens with one attached hydrogen (secondary N) is 1. The highest BCUT2D eigenvalue weighted by Gasteiger charge is 2.35. The Morgan fingerprint density at radius 1 is 0.971 bits per heavy atom. The van der Waals surface area contributed by atoms with Crippen molar-refractivity contribution in [3.63, 3.8) is 0 Å². The zero-order valence-electron chi connectivity index (χ0n) is 19.7. The molecule has 4 rings (SSSR count). The largest absolute Gasteiger partial charge is 0.349 e. The highest BCUT2D eigenvalue weighted by atomic mass is 32.2. The number of likely N-dealkylation sites (tertiary alicyclic amines) is 1. The number of piperidine rings is 2. The first-order valence-electron chi connectivity index (χ1n) is 11.8. The third kappa shape index (κ3) is 5.31. The van der Waals surface area contributed by atoms with Crippen LogP contribution in [-0.4, -0.2) is 66.6 Å². The highest BCUT2D eigenvalue weighted by Crippen LogP contribution is 2.27. The maximum absolute atomic E-state index is 13.1. The predicted octanol–water partition coefficient (Wildman–Crippen LogP) is 2.52. The van der Waals surface area contributed by atoms with Crippen molar-refractivity contribution in [1.82, 2.24) is 19.5 Å². The average Bonchev–Trinajstić information content (AvgIpc) is 2.86. The van der Waals surface area contributed by atoms with Crippen LogP contribution in [0.2, 0.25) is 0 Å². The van der Waals surface area contributed by atoms with E-state index in [0.29, 0.717) is 62.3 Å². The normalized spacial score (nSPS) is 18.6. The molecule has 1 aromatic carbocycles. The van der Waals surface area contributed by atoms with E-state index in [4.69, 9.17) is 0 Å². The van der Waals surface area contributed by atoms with Gasteiger partial charge in [0, 0.05) is 50.5 Å². The van der Waals surface area contributed by atoms with E-state index in [9.17, 15) is 18.0 Å². The minimum atomic E-state index is -3.55. The van der Waals surface area contributed by atoms with Crippen LogP contribution in [0.15, 0.2) is 47.6 Å². The van der Waals surface area contributed by atoms with E-state index in [1.165, 1.54) is 4.31 Å². The Morgan fingerprint density at radius 3 is 2.29 bits per heavy atom. The Hall–Kier alpha value is -2.78. The number of pyridine rings is 1. The number of rotatable bonds is 5. The minimum absolute atomic E-state index is 0.0294. The van der Waals surface area contributed by atoms with Crippen LogP contribution < -0.4 is 5.32 Å². The fourth-order valence-electron chi connectivity index (χ4n) is 4.63. The number of aromatic nitrogens is 1. The maximum Gasteiger partial charge on any atom is 0.253 e. The molecule has 3 heterocycles. The van der Waals surface area contributed by atoms with Crippen LogP contribution in [-0.2, 0) is 14.8 Å². The molecule has 9 heteroatoms. The van der Waals surface area contributed by atoms with Gasteiger partial charge in [0.25, 0.3) is 5.91 Å². The SMILES string of the molecule is Cc1ccc(S(=O)(=O)N2CCC(C(=O)N3CCC(NC(=O)c4cccnc4)CC3)CC2)cc1C. The second-order valence-electron chi connectivity index (χ2n) is 9.24. The summed E-state index contributed by atoms with van der Waals surface area (Å²) in [6, 6.07) is 8.70. The summed E-state index contributed by atoms with van der Waals surface area (Å²) in [4.78, 5) is 31.6. The van der Waals surface area contributed by atoms with Crippen molar-refractivity contribution in [2.45, 2.75) is 50.5 Å². The lowest BCUT2D eigenvalue weighted by molar-refractivity contribution is -0.137. The van der Waals surface area contributed by atoms with Crippen molar-refractivity contribution < 1.29 is 18.0 Å². The number of amides is 2. The van der Waals surface area contributed by atoms with Crippen molar-refractivity contribution in [1.29, 1.82) is 0 Å². The molecule has 0 bridgehead atoms. The fourth-order valence-corrected chi connectivity index (χ4v) is 6.19. The fraction of sp³-hybridized carbons (Fsp3) is 0.480. The first-order chi connectivity index (χ1) is 16.3. The summed E-state index contributed by atoms with van der Waals surface area (Å²) < 4.78 is 27.6. The first kappa shape index (κ1) is 24.3. The molecule has 2 aromatic rings. The van der Waals surface area contributed by atoms with Gasteiger partial charge < -0.3 is 10.2 Å². The van der Waals surface area contributed by atoms with Gasteiger partial charge in [-0.2, -0.15) is 4.31 Å². The van der Waals surface area contributed by atoms with E-state index in [-0.39, 0.29) is 23.8 Å². The van der Waals surface area contributed by atoms with Crippen LogP contribution in [0.4, 0.5) is 0 Å². The molecule has 2 aliphatic rings. The average molecular weight is 485 g/mol. The molecule has 0 radical (unpaired) electrons. The molecule has 0 unspecified atom stereocenters. The molecule has 0 spiro atoms. The molecule has 34 heavy (non-hydrogen) atoms. The van der Waals surface area contributed by atoms with Crippen LogP contribution in [0.1, 0.15) is 47.2 Å². The van der Waals surface area contributed by atoms with Gasteiger partial charge in [0.15, 0.2) is 0 Å². The quantitative estimate of drug-likeness (QED) is 0.703. The third-order valence-electron chi connectivity index (χ3n) is 6.98. The monoisotopic (exact) mass is 484 g/mol. The molecule has 0 atom stereocenters. The Kier molecular flexibility index (Phi) is 7.33. The maximum atomic E-state index is 13.1. The number of aryl methyl sites for hydroxylation is 2. The van der Waals surface area contributed by atoms with Gasteiger partial charge in [0.05, 0.1) is 10.5 Å². The van der Waals surface area contributed by atoms with Gasteiger partial charge in [0.1, 0.15) is 0 Å². The number of hydrogen-bond donors (Lipinski definition) is 1. The van der Waals surface area contributed by atoms with Crippen LogP contribution in [0.25, 0.3) is 0 Å². The van der Waals surface area contributed by atoms with E-state index in [1.54, 1.807) is 36.7 Å². The Labute approximate surface area is 201 Å². The Morgan fingerprint density at radius 2 is 1.68 bits per heavy atom. The summed E-state index contributed by atoms with van der Waals surface area (Å²) >= 11 is 0. The predicted molar refractivity (Wildman–Crippen MR) is 129 cm³/mol. The van der Waals surface area contributed by atoms with Crippen LogP contribution in [0.3, 0.4) is 0 Å². The number of carbonyl (C=O) groups excluding carboxylic acids is 2. The zero-order valence-corrected chi connectivity index (χ0v) is 20.6. The van der Waals surface area contributed by atoms with Crippen molar-refractivity contribution in [3.05, 3.63) is 59.4 Å². The van der Waals surface area contributed by atoms with Gasteiger partial charge in [-0.25, -0.2) is 8.42 Å². The van der Waals surface area contributed by atoms with Gasteiger partial charge in [0.2, 0.25) is 15.9 Å². The number of nitrogens with zero attached hydrogens (tertiary/aromatic N) is 3. The van der Waals surface area contributed by atoms with Gasteiger partial charge in [-0.3, -0.25) is 14.6 Å². The number of hydrogen-bond acceptors (Lipinski definition) is 5. The lowest BCUT2D eigenvalue weighted by atomic mass is 9.95. The molecule has 1 N–H and O–H groups in total. The minimum Gasteiger partial charge on any atom is -0.349 e. The highest BCUT2D eigenvalue weighted by molar-refractivity contribution is 7.89. The number of sulfonamides is 1. The number of benzene rings is 1. The molecular formula is C25H32N4O4S. The molecular weight excluding hydrogens is 452 g/mol. The summed E-state index contributed by atoms with van der Waals surface area (Å²) in [5.41, 5.74) is 2.54. The summed E-state index contributed by atoms with van der Waals surface area (Å²) in [5.74, 6) is -0.205.